The number of rotatable bonds is 3. The van der Waals surface area contributed by atoms with Gasteiger partial charge in [-0.15, -0.1) is 11.3 Å². The Kier molecular flexibility index (Phi) is 3.51. The molecule has 0 fully saturated rings. The Bertz CT molecular complexity index is 800. The van der Waals surface area contributed by atoms with E-state index in [9.17, 15) is 9.50 Å². The highest BCUT2D eigenvalue weighted by Crippen LogP contribution is 2.30. The van der Waals surface area contributed by atoms with Gasteiger partial charge in [-0.2, -0.15) is 0 Å². The highest BCUT2D eigenvalue weighted by molar-refractivity contribution is 7.18. The van der Waals surface area contributed by atoms with E-state index >= 15 is 0 Å². The van der Waals surface area contributed by atoms with Crippen molar-refractivity contribution in [3.8, 4) is 5.75 Å². The van der Waals surface area contributed by atoms with E-state index in [1.54, 1.807) is 17.4 Å². The second-order valence-corrected chi connectivity index (χ2v) is 6.22. The lowest BCUT2D eigenvalue weighted by Gasteiger charge is -2.17. The summed E-state index contributed by atoms with van der Waals surface area (Å²) < 4.78 is 14.1. The maximum absolute atomic E-state index is 13.0. The van der Waals surface area contributed by atoms with Crippen molar-refractivity contribution in [2.75, 3.05) is 5.32 Å². The molecule has 1 unspecified atom stereocenters. The van der Waals surface area contributed by atoms with Crippen LogP contribution in [0.2, 0.25) is 0 Å². The Morgan fingerprint density at radius 2 is 2.05 bits per heavy atom. The molecule has 0 amide bonds. The van der Waals surface area contributed by atoms with Crippen molar-refractivity contribution in [3.63, 3.8) is 0 Å². The topological polar surface area (TPSA) is 45.2 Å². The van der Waals surface area contributed by atoms with Gasteiger partial charge in [0.05, 0.1) is 21.3 Å². The first-order chi connectivity index (χ1) is 10.0. The van der Waals surface area contributed by atoms with Crippen LogP contribution in [0.3, 0.4) is 0 Å². The standard InChI is InChI=1S/C16H15FN2OS/c1-9(13-5-3-11(17)7-15(13)20)18-12-4-6-14-16(8-12)21-10(2)19-14/h3-9,18,20H,1-2H3. The third kappa shape index (κ3) is 2.83. The van der Waals surface area contributed by atoms with E-state index in [-0.39, 0.29) is 11.8 Å². The lowest BCUT2D eigenvalue weighted by atomic mass is 10.1. The molecule has 0 saturated heterocycles. The SMILES string of the molecule is Cc1nc2ccc(NC(C)c3ccc(F)cc3O)cc2s1. The molecule has 2 N–H and O–H groups in total. The summed E-state index contributed by atoms with van der Waals surface area (Å²) in [5, 5.41) is 14.2. The zero-order valence-corrected chi connectivity index (χ0v) is 12.5. The predicted octanol–water partition coefficient (Wildman–Crippen LogP) is 4.62. The van der Waals surface area contributed by atoms with Crippen molar-refractivity contribution in [1.29, 1.82) is 0 Å². The average molecular weight is 302 g/mol. The van der Waals surface area contributed by atoms with Gasteiger partial charge >= 0.3 is 0 Å². The van der Waals surface area contributed by atoms with Gasteiger partial charge < -0.3 is 10.4 Å². The molecule has 3 nitrogen and oxygen atoms in total. The summed E-state index contributed by atoms with van der Waals surface area (Å²) in [6.45, 7) is 3.91. The molecule has 0 spiro atoms. The summed E-state index contributed by atoms with van der Waals surface area (Å²) in [4.78, 5) is 4.42. The van der Waals surface area contributed by atoms with E-state index in [0.29, 0.717) is 5.56 Å². The van der Waals surface area contributed by atoms with Crippen molar-refractivity contribution in [2.24, 2.45) is 0 Å². The number of benzene rings is 2. The van der Waals surface area contributed by atoms with Crippen molar-refractivity contribution < 1.29 is 9.50 Å². The number of aromatic hydroxyl groups is 1. The van der Waals surface area contributed by atoms with Gasteiger partial charge in [-0.1, -0.05) is 6.07 Å². The number of nitrogens with one attached hydrogen (secondary N) is 1. The molecule has 0 aliphatic rings. The molecule has 1 atom stereocenters. The second kappa shape index (κ2) is 5.33. The Labute approximate surface area is 126 Å². The first-order valence-electron chi connectivity index (χ1n) is 6.65. The monoisotopic (exact) mass is 302 g/mol. The number of hydrogen-bond donors (Lipinski definition) is 2. The normalized spacial score (nSPS) is 12.5. The Hall–Kier alpha value is -2.14. The fraction of sp³-hybridized carbons (Fsp3) is 0.188. The summed E-state index contributed by atoms with van der Waals surface area (Å²) >= 11 is 1.64. The van der Waals surface area contributed by atoms with Gasteiger partial charge in [0.25, 0.3) is 0 Å². The number of hydrogen-bond acceptors (Lipinski definition) is 4. The Morgan fingerprint density at radius 1 is 1.24 bits per heavy atom. The van der Waals surface area contributed by atoms with Gasteiger partial charge in [-0.3, -0.25) is 0 Å². The average Bonchev–Trinajstić information content (AvgIpc) is 2.77. The first kappa shape index (κ1) is 13.8. The molecule has 2 aromatic carbocycles. The number of halogens is 1. The summed E-state index contributed by atoms with van der Waals surface area (Å²) in [6.07, 6.45) is 0. The van der Waals surface area contributed by atoms with Crippen molar-refractivity contribution >= 4 is 27.2 Å². The molecule has 3 rings (SSSR count). The van der Waals surface area contributed by atoms with Crippen LogP contribution in [0, 0.1) is 12.7 Å². The van der Waals surface area contributed by atoms with Gasteiger partial charge in [0, 0.05) is 17.3 Å². The minimum absolute atomic E-state index is 0.0373. The number of aromatic nitrogens is 1. The number of phenolic OH excluding ortho intramolecular Hbond substituents is 1. The number of fused-ring (bicyclic) bond motifs is 1. The molecule has 0 saturated carbocycles. The van der Waals surface area contributed by atoms with Gasteiger partial charge in [-0.25, -0.2) is 9.37 Å². The Morgan fingerprint density at radius 3 is 2.81 bits per heavy atom. The minimum Gasteiger partial charge on any atom is -0.507 e. The fourth-order valence-electron chi connectivity index (χ4n) is 2.34. The van der Waals surface area contributed by atoms with Crippen LogP contribution in [0.5, 0.6) is 5.75 Å². The van der Waals surface area contributed by atoms with Crippen LogP contribution in [-0.2, 0) is 0 Å². The second-order valence-electron chi connectivity index (χ2n) is 4.98. The minimum atomic E-state index is -0.440. The lowest BCUT2D eigenvalue weighted by molar-refractivity contribution is 0.459. The zero-order valence-electron chi connectivity index (χ0n) is 11.7. The van der Waals surface area contributed by atoms with Crippen molar-refractivity contribution in [2.45, 2.75) is 19.9 Å². The van der Waals surface area contributed by atoms with Crippen molar-refractivity contribution in [3.05, 3.63) is 52.8 Å². The number of aryl methyl sites for hydroxylation is 1. The molecule has 0 bridgehead atoms. The van der Waals surface area contributed by atoms with Crippen LogP contribution in [0.15, 0.2) is 36.4 Å². The largest absolute Gasteiger partial charge is 0.507 e. The highest BCUT2D eigenvalue weighted by Gasteiger charge is 2.11. The van der Waals surface area contributed by atoms with E-state index in [1.165, 1.54) is 6.07 Å². The fourth-order valence-corrected chi connectivity index (χ4v) is 3.21. The maximum Gasteiger partial charge on any atom is 0.126 e. The van der Waals surface area contributed by atoms with E-state index in [1.807, 2.05) is 32.0 Å². The van der Waals surface area contributed by atoms with E-state index in [0.717, 1.165) is 27.0 Å². The van der Waals surface area contributed by atoms with E-state index in [4.69, 9.17) is 0 Å². The summed E-state index contributed by atoms with van der Waals surface area (Å²) in [6, 6.07) is 9.91. The zero-order chi connectivity index (χ0) is 15.0. The third-order valence-electron chi connectivity index (χ3n) is 3.34. The molecule has 5 heteroatoms. The smallest absolute Gasteiger partial charge is 0.126 e. The lowest BCUT2D eigenvalue weighted by Crippen LogP contribution is -2.06. The molecule has 0 radical (unpaired) electrons. The van der Waals surface area contributed by atoms with Gasteiger partial charge in [0.2, 0.25) is 0 Å². The first-order valence-corrected chi connectivity index (χ1v) is 7.47. The van der Waals surface area contributed by atoms with E-state index < -0.39 is 5.82 Å². The summed E-state index contributed by atoms with van der Waals surface area (Å²) in [7, 11) is 0. The molecule has 108 valence electrons. The van der Waals surface area contributed by atoms with Crippen LogP contribution in [-0.4, -0.2) is 10.1 Å². The summed E-state index contributed by atoms with van der Waals surface area (Å²) in [5.74, 6) is -0.477. The van der Waals surface area contributed by atoms with Gasteiger partial charge in [0.15, 0.2) is 0 Å². The molecule has 21 heavy (non-hydrogen) atoms. The molecular weight excluding hydrogens is 287 g/mol. The molecule has 1 heterocycles. The molecular formula is C16H15FN2OS. The van der Waals surface area contributed by atoms with Crippen LogP contribution in [0.4, 0.5) is 10.1 Å². The maximum atomic E-state index is 13.0. The number of nitrogens with zero attached hydrogens (tertiary/aromatic N) is 1. The number of thiazole rings is 1. The quantitative estimate of drug-likeness (QED) is 0.742. The molecule has 0 aliphatic heterocycles. The molecule has 1 aromatic heterocycles. The van der Waals surface area contributed by atoms with Gasteiger partial charge in [-0.05, 0) is 38.1 Å². The van der Waals surface area contributed by atoms with Crippen LogP contribution < -0.4 is 5.32 Å². The predicted molar refractivity (Wildman–Crippen MR) is 84.5 cm³/mol. The Balaban J connectivity index is 1.86. The van der Waals surface area contributed by atoms with Crippen LogP contribution >= 0.6 is 11.3 Å². The number of phenols is 1. The van der Waals surface area contributed by atoms with Crippen molar-refractivity contribution in [1.82, 2.24) is 4.98 Å². The third-order valence-corrected chi connectivity index (χ3v) is 4.27. The highest BCUT2D eigenvalue weighted by atomic mass is 32.1. The van der Waals surface area contributed by atoms with E-state index in [2.05, 4.69) is 10.3 Å². The number of anilines is 1. The van der Waals surface area contributed by atoms with Gasteiger partial charge in [0.1, 0.15) is 11.6 Å². The summed E-state index contributed by atoms with van der Waals surface area (Å²) in [5.41, 5.74) is 2.60. The van der Waals surface area contributed by atoms with Crippen LogP contribution in [0.25, 0.3) is 10.2 Å². The molecule has 3 aromatic rings. The van der Waals surface area contributed by atoms with Crippen LogP contribution in [0.1, 0.15) is 23.5 Å². The molecule has 0 aliphatic carbocycles.